The van der Waals surface area contributed by atoms with Gasteiger partial charge in [0.05, 0.1) is 0 Å². The Hall–Kier alpha value is -0.104. The summed E-state index contributed by atoms with van der Waals surface area (Å²) in [5.41, 5.74) is 2.92. The predicted molar refractivity (Wildman–Crippen MR) is 160 cm³/mol. The normalized spacial score (nSPS) is 17.6. The van der Waals surface area contributed by atoms with Crippen molar-refractivity contribution in [3.8, 4) is 0 Å². The Bertz CT molecular complexity index is 675. The SMILES string of the molecule is CCC[CH2][Sn]([CH2]CCC)([CH2]CCC)/[C](=C\[Si](C)(C)c1ccccc1)CCCCOC1CCCCO1. The molecule has 0 aliphatic carbocycles. The van der Waals surface area contributed by atoms with Gasteiger partial charge in [-0.2, -0.15) is 0 Å². The van der Waals surface area contributed by atoms with E-state index in [1.807, 2.05) is 3.59 Å². The van der Waals surface area contributed by atoms with Crippen molar-refractivity contribution in [3.05, 3.63) is 39.6 Å². The van der Waals surface area contributed by atoms with E-state index >= 15 is 0 Å². The van der Waals surface area contributed by atoms with E-state index in [0.29, 0.717) is 0 Å². The summed E-state index contributed by atoms with van der Waals surface area (Å²) in [6.45, 7) is 14.1. The van der Waals surface area contributed by atoms with Crippen molar-refractivity contribution < 1.29 is 9.47 Å². The number of benzene rings is 1. The number of allylic oxidation sites excluding steroid dienone is 1. The second-order valence-electron chi connectivity index (χ2n) is 11.5. The van der Waals surface area contributed by atoms with Crippen molar-refractivity contribution in [1.29, 1.82) is 0 Å². The van der Waals surface area contributed by atoms with Crippen LogP contribution in [0.15, 0.2) is 39.6 Å². The number of ether oxygens (including phenoxy) is 2. The molecule has 1 aromatic rings. The Morgan fingerprint density at radius 3 is 2.09 bits per heavy atom. The number of rotatable bonds is 18. The molecule has 0 radical (unpaired) electrons. The minimum atomic E-state index is -2.45. The molecule has 1 saturated heterocycles. The van der Waals surface area contributed by atoms with Crippen LogP contribution in [0.4, 0.5) is 0 Å². The van der Waals surface area contributed by atoms with E-state index in [9.17, 15) is 0 Å². The van der Waals surface area contributed by atoms with Gasteiger partial charge in [0.1, 0.15) is 0 Å². The quantitative estimate of drug-likeness (QED) is 0.122. The molecular weight excluding hydrogens is 551 g/mol. The van der Waals surface area contributed by atoms with Gasteiger partial charge in [-0.25, -0.2) is 0 Å². The van der Waals surface area contributed by atoms with Gasteiger partial charge in [-0.3, -0.25) is 0 Å². The van der Waals surface area contributed by atoms with Crippen molar-refractivity contribution in [3.63, 3.8) is 0 Å². The Morgan fingerprint density at radius 2 is 1.54 bits per heavy atom. The van der Waals surface area contributed by atoms with E-state index in [0.717, 1.165) is 19.6 Å². The standard InChI is InChI=1S/C19H29O2Si.3C4H9.Sn/c1-22(2,18-12-6-5-7-13-18)17-11-4-3-9-15-20-19-14-8-10-16-21-19;3*1-3-4-2;/h5-7,12-13,17,19H,3-4,8-10,14-16H2,1-2H3;3*1,3-4H2,2H3;. The Balaban J connectivity index is 2.25. The summed E-state index contributed by atoms with van der Waals surface area (Å²) in [4.78, 5) is 0. The molecule has 4 heteroatoms. The molecule has 0 N–H and O–H groups in total. The van der Waals surface area contributed by atoms with Gasteiger partial charge in [0.25, 0.3) is 0 Å². The fourth-order valence-corrected chi connectivity index (χ4v) is 29.7. The summed E-state index contributed by atoms with van der Waals surface area (Å²) in [6, 6.07) is 11.4. The van der Waals surface area contributed by atoms with Crippen LogP contribution in [0.1, 0.15) is 97.8 Å². The van der Waals surface area contributed by atoms with E-state index in [2.05, 4.69) is 69.9 Å². The molecule has 0 aromatic heterocycles. The third-order valence-corrected chi connectivity index (χ3v) is 28.0. The summed E-state index contributed by atoms with van der Waals surface area (Å²) in [5, 5.41) is 1.59. The average molecular weight is 608 g/mol. The van der Waals surface area contributed by atoms with Gasteiger partial charge < -0.3 is 0 Å². The molecule has 1 aliphatic heterocycles. The Labute approximate surface area is 223 Å². The van der Waals surface area contributed by atoms with Crippen molar-refractivity contribution in [1.82, 2.24) is 0 Å². The molecule has 1 unspecified atom stereocenters. The number of hydrogen-bond donors (Lipinski definition) is 0. The second-order valence-corrected chi connectivity index (χ2v) is 29.2. The second kappa shape index (κ2) is 17.4. The molecule has 1 heterocycles. The van der Waals surface area contributed by atoms with Crippen LogP contribution in [0.2, 0.25) is 26.4 Å². The van der Waals surface area contributed by atoms with Crippen LogP contribution in [0.5, 0.6) is 0 Å². The first-order chi connectivity index (χ1) is 17.0. The minimum absolute atomic E-state index is 0.0557. The molecule has 0 saturated carbocycles. The topological polar surface area (TPSA) is 18.5 Å². The Morgan fingerprint density at radius 1 is 0.914 bits per heavy atom. The van der Waals surface area contributed by atoms with Crippen LogP contribution in [-0.4, -0.2) is 46.0 Å². The van der Waals surface area contributed by atoms with Gasteiger partial charge >= 0.3 is 224 Å². The molecule has 2 rings (SSSR count). The summed E-state index contributed by atoms with van der Waals surface area (Å²) < 4.78 is 18.6. The zero-order chi connectivity index (χ0) is 25.4. The summed E-state index contributed by atoms with van der Waals surface area (Å²) in [5.74, 6) is 0. The van der Waals surface area contributed by atoms with Crippen LogP contribution < -0.4 is 5.19 Å². The van der Waals surface area contributed by atoms with E-state index in [-0.39, 0.29) is 6.29 Å². The summed E-state index contributed by atoms with van der Waals surface area (Å²) in [6.07, 6.45) is 15.7. The zero-order valence-corrected chi connectivity index (χ0v) is 27.7. The van der Waals surface area contributed by atoms with Crippen molar-refractivity contribution in [2.75, 3.05) is 13.2 Å². The number of unbranched alkanes of at least 4 members (excludes halogenated alkanes) is 4. The van der Waals surface area contributed by atoms with Gasteiger partial charge in [-0.15, -0.1) is 0 Å². The molecule has 1 atom stereocenters. The number of hydrogen-bond acceptors (Lipinski definition) is 2. The maximum atomic E-state index is 6.10. The van der Waals surface area contributed by atoms with Gasteiger partial charge in [0, 0.05) is 0 Å². The molecule has 0 spiro atoms. The molecular formula is C31H56O2SiSn. The molecule has 2 nitrogen and oxygen atoms in total. The molecule has 1 fully saturated rings. The third-order valence-electron chi connectivity index (χ3n) is 8.04. The van der Waals surface area contributed by atoms with E-state index in [1.165, 1.54) is 70.6 Å². The van der Waals surface area contributed by atoms with Gasteiger partial charge in [-0.05, 0) is 0 Å². The maximum absolute atomic E-state index is 6.10. The third kappa shape index (κ3) is 11.0. The van der Waals surface area contributed by atoms with Gasteiger partial charge in [0.2, 0.25) is 0 Å². The van der Waals surface area contributed by atoms with E-state index in [4.69, 9.17) is 9.47 Å². The molecule has 1 aromatic carbocycles. The molecule has 200 valence electrons. The molecule has 0 amide bonds. The first-order valence-corrected chi connectivity index (χ1v) is 25.5. The fourth-order valence-electron chi connectivity index (χ4n) is 5.75. The van der Waals surface area contributed by atoms with E-state index in [1.54, 1.807) is 18.5 Å². The van der Waals surface area contributed by atoms with Gasteiger partial charge in [-0.1, -0.05) is 0 Å². The zero-order valence-electron chi connectivity index (χ0n) is 23.9. The van der Waals surface area contributed by atoms with Crippen LogP contribution in [-0.2, 0) is 9.47 Å². The monoisotopic (exact) mass is 608 g/mol. The fraction of sp³-hybridized carbons (Fsp3) is 0.742. The molecule has 0 bridgehead atoms. The van der Waals surface area contributed by atoms with Crippen LogP contribution in [0, 0.1) is 0 Å². The van der Waals surface area contributed by atoms with Crippen LogP contribution >= 0.6 is 0 Å². The first-order valence-electron chi connectivity index (χ1n) is 15.0. The van der Waals surface area contributed by atoms with Gasteiger partial charge in [0.15, 0.2) is 0 Å². The van der Waals surface area contributed by atoms with Crippen molar-refractivity contribution in [2.24, 2.45) is 0 Å². The van der Waals surface area contributed by atoms with Crippen molar-refractivity contribution in [2.45, 2.75) is 131 Å². The summed E-state index contributed by atoms with van der Waals surface area (Å²) >= 11 is -2.45. The van der Waals surface area contributed by atoms with Crippen molar-refractivity contribution >= 4 is 31.6 Å². The predicted octanol–water partition coefficient (Wildman–Crippen LogP) is 9.17. The average Bonchev–Trinajstić information content (AvgIpc) is 2.89. The van der Waals surface area contributed by atoms with E-state index < -0.39 is 26.5 Å². The summed E-state index contributed by atoms with van der Waals surface area (Å²) in [7, 11) is -1.63. The Kier molecular flexibility index (Phi) is 15.5. The first kappa shape index (κ1) is 31.1. The van der Waals surface area contributed by atoms with Crippen LogP contribution in [0.25, 0.3) is 0 Å². The van der Waals surface area contributed by atoms with Crippen LogP contribution in [0.3, 0.4) is 0 Å². The molecule has 1 aliphatic rings. The molecule has 35 heavy (non-hydrogen) atoms.